The Kier molecular flexibility index (Phi) is 5.88. The van der Waals surface area contributed by atoms with E-state index in [1.807, 2.05) is 13.0 Å². The number of carbonyl (C=O) groups excluding carboxylic acids is 1. The van der Waals surface area contributed by atoms with Gasteiger partial charge >= 0.3 is 0 Å². The molecule has 1 saturated heterocycles. The SMILES string of the molecule is CCN1CCN(C(=O)c2cc3c(=O)n4cccc(C)c4nc3n(CCOC)c2=N)CC1. The van der Waals surface area contributed by atoms with Crippen molar-refractivity contribution in [3.63, 3.8) is 0 Å². The van der Waals surface area contributed by atoms with Crippen molar-refractivity contribution in [1.82, 2.24) is 23.8 Å². The van der Waals surface area contributed by atoms with Gasteiger partial charge in [-0.25, -0.2) is 4.98 Å². The summed E-state index contributed by atoms with van der Waals surface area (Å²) >= 11 is 0. The predicted octanol–water partition coefficient (Wildman–Crippen LogP) is 0.861. The average molecular weight is 425 g/mol. The first-order chi connectivity index (χ1) is 15.0. The number of piperazine rings is 1. The molecule has 0 radical (unpaired) electrons. The van der Waals surface area contributed by atoms with Crippen LogP contribution in [-0.2, 0) is 11.3 Å². The molecule has 0 aromatic carbocycles. The molecule has 0 spiro atoms. The van der Waals surface area contributed by atoms with Gasteiger partial charge in [-0.05, 0) is 31.2 Å². The van der Waals surface area contributed by atoms with Crippen LogP contribution in [0.5, 0.6) is 0 Å². The molecule has 4 rings (SSSR count). The molecule has 1 aliphatic heterocycles. The molecule has 1 N–H and O–H groups in total. The average Bonchev–Trinajstić information content (AvgIpc) is 2.79. The molecule has 3 aromatic rings. The number of hydrogen-bond acceptors (Lipinski definition) is 6. The Morgan fingerprint density at radius 1 is 1.23 bits per heavy atom. The van der Waals surface area contributed by atoms with Gasteiger partial charge in [0.05, 0.1) is 17.6 Å². The third kappa shape index (κ3) is 3.75. The quantitative estimate of drug-likeness (QED) is 0.613. The maximum atomic E-state index is 13.3. The van der Waals surface area contributed by atoms with Crippen LogP contribution in [-0.4, -0.2) is 76.1 Å². The summed E-state index contributed by atoms with van der Waals surface area (Å²) in [6, 6.07) is 5.23. The fraction of sp³-hybridized carbons (Fsp3) is 0.455. The van der Waals surface area contributed by atoms with Gasteiger partial charge in [0.25, 0.3) is 11.5 Å². The predicted molar refractivity (Wildman–Crippen MR) is 117 cm³/mol. The van der Waals surface area contributed by atoms with E-state index >= 15 is 0 Å². The van der Waals surface area contributed by atoms with Crippen LogP contribution in [0.3, 0.4) is 0 Å². The van der Waals surface area contributed by atoms with Gasteiger partial charge in [0.2, 0.25) is 0 Å². The lowest BCUT2D eigenvalue weighted by Gasteiger charge is -2.34. The molecule has 0 atom stereocenters. The molecule has 1 aliphatic rings. The number of aromatic nitrogens is 3. The number of amides is 1. The van der Waals surface area contributed by atoms with E-state index in [-0.39, 0.29) is 22.5 Å². The highest BCUT2D eigenvalue weighted by Crippen LogP contribution is 2.14. The number of rotatable bonds is 5. The molecule has 164 valence electrons. The molecule has 4 heterocycles. The number of hydrogen-bond donors (Lipinski definition) is 1. The van der Waals surface area contributed by atoms with Crippen LogP contribution in [0.4, 0.5) is 0 Å². The molecular formula is C22H28N6O3. The summed E-state index contributed by atoms with van der Waals surface area (Å²) in [6.07, 6.45) is 1.68. The Labute approximate surface area is 180 Å². The Balaban J connectivity index is 1.90. The first kappa shape index (κ1) is 21.2. The van der Waals surface area contributed by atoms with Gasteiger partial charge in [0.1, 0.15) is 16.8 Å². The Morgan fingerprint density at radius 2 is 1.97 bits per heavy atom. The maximum Gasteiger partial charge on any atom is 0.267 e. The van der Waals surface area contributed by atoms with Crippen LogP contribution in [0.25, 0.3) is 16.7 Å². The van der Waals surface area contributed by atoms with Crippen molar-refractivity contribution in [2.24, 2.45) is 0 Å². The second kappa shape index (κ2) is 8.60. The lowest BCUT2D eigenvalue weighted by Crippen LogP contribution is -2.49. The first-order valence-electron chi connectivity index (χ1n) is 10.6. The molecule has 3 aromatic heterocycles. The summed E-state index contributed by atoms with van der Waals surface area (Å²) < 4.78 is 8.33. The number of ether oxygens (including phenoxy) is 1. The van der Waals surface area contributed by atoms with Crippen molar-refractivity contribution in [3.05, 3.63) is 51.4 Å². The number of nitrogens with one attached hydrogen (secondary N) is 1. The van der Waals surface area contributed by atoms with Gasteiger partial charge in [0.15, 0.2) is 0 Å². The van der Waals surface area contributed by atoms with Crippen molar-refractivity contribution < 1.29 is 9.53 Å². The standard InChI is InChI=1S/C22H28N6O3/c1-4-25-8-10-26(11-9-25)21(29)16-14-17-20(27(18(16)23)12-13-31-3)24-19-15(2)6-5-7-28(19)22(17)30/h5-7,14,23H,4,8-13H2,1-3H3. The van der Waals surface area contributed by atoms with E-state index < -0.39 is 0 Å². The third-order valence-electron chi connectivity index (χ3n) is 5.99. The van der Waals surface area contributed by atoms with Gasteiger partial charge in [-0.3, -0.25) is 19.4 Å². The molecule has 9 nitrogen and oxygen atoms in total. The number of nitrogens with zero attached hydrogens (tertiary/aromatic N) is 5. The minimum atomic E-state index is -0.250. The molecule has 1 fully saturated rings. The van der Waals surface area contributed by atoms with Crippen LogP contribution in [0.15, 0.2) is 29.2 Å². The van der Waals surface area contributed by atoms with Gasteiger partial charge in [0, 0.05) is 46.0 Å². The summed E-state index contributed by atoms with van der Waals surface area (Å²) in [5.74, 6) is -0.220. The fourth-order valence-corrected chi connectivity index (χ4v) is 4.10. The minimum Gasteiger partial charge on any atom is -0.383 e. The third-order valence-corrected chi connectivity index (χ3v) is 5.99. The molecule has 0 unspecified atom stereocenters. The van der Waals surface area contributed by atoms with E-state index in [0.717, 1.165) is 25.2 Å². The highest BCUT2D eigenvalue weighted by Gasteiger charge is 2.25. The van der Waals surface area contributed by atoms with Crippen molar-refractivity contribution >= 4 is 22.6 Å². The number of pyridine rings is 2. The van der Waals surface area contributed by atoms with Crippen molar-refractivity contribution in [2.45, 2.75) is 20.4 Å². The smallest absolute Gasteiger partial charge is 0.267 e. The molecule has 0 aliphatic carbocycles. The zero-order chi connectivity index (χ0) is 22.1. The van der Waals surface area contributed by atoms with Crippen LogP contribution >= 0.6 is 0 Å². The number of likely N-dealkylation sites (N-methyl/N-ethyl adjacent to an activating group) is 1. The summed E-state index contributed by atoms with van der Waals surface area (Å²) in [7, 11) is 1.58. The van der Waals surface area contributed by atoms with Gasteiger partial charge in [-0.15, -0.1) is 0 Å². The lowest BCUT2D eigenvalue weighted by molar-refractivity contribution is 0.0640. The minimum absolute atomic E-state index is 0.0531. The zero-order valence-corrected chi connectivity index (χ0v) is 18.2. The molecule has 0 bridgehead atoms. The fourth-order valence-electron chi connectivity index (χ4n) is 4.10. The van der Waals surface area contributed by atoms with Gasteiger partial charge in [-0.2, -0.15) is 0 Å². The second-order valence-electron chi connectivity index (χ2n) is 7.82. The van der Waals surface area contributed by atoms with Crippen molar-refractivity contribution in [2.75, 3.05) is 46.4 Å². The summed E-state index contributed by atoms with van der Waals surface area (Å²) in [5.41, 5.74) is 1.83. The van der Waals surface area contributed by atoms with E-state index in [2.05, 4.69) is 11.8 Å². The molecule has 31 heavy (non-hydrogen) atoms. The van der Waals surface area contributed by atoms with Gasteiger partial charge < -0.3 is 19.1 Å². The molecular weight excluding hydrogens is 396 g/mol. The Morgan fingerprint density at radius 3 is 2.65 bits per heavy atom. The zero-order valence-electron chi connectivity index (χ0n) is 18.2. The van der Waals surface area contributed by atoms with E-state index in [1.54, 1.807) is 34.9 Å². The number of aryl methyl sites for hydroxylation is 1. The van der Waals surface area contributed by atoms with Crippen molar-refractivity contribution in [3.8, 4) is 0 Å². The van der Waals surface area contributed by atoms with E-state index in [9.17, 15) is 9.59 Å². The van der Waals surface area contributed by atoms with Crippen LogP contribution < -0.4 is 11.0 Å². The van der Waals surface area contributed by atoms with E-state index in [1.165, 1.54) is 4.40 Å². The molecule has 0 saturated carbocycles. The topological polar surface area (TPSA) is 95.9 Å². The highest BCUT2D eigenvalue weighted by atomic mass is 16.5. The van der Waals surface area contributed by atoms with E-state index in [4.69, 9.17) is 15.1 Å². The monoisotopic (exact) mass is 424 g/mol. The van der Waals surface area contributed by atoms with Crippen LogP contribution in [0.1, 0.15) is 22.8 Å². The molecule has 9 heteroatoms. The second-order valence-corrected chi connectivity index (χ2v) is 7.82. The number of methoxy groups -OCH3 is 1. The number of carbonyl (C=O) groups is 1. The summed E-state index contributed by atoms with van der Waals surface area (Å²) in [5, 5.41) is 9.09. The largest absolute Gasteiger partial charge is 0.383 e. The Bertz CT molecular complexity index is 1250. The highest BCUT2D eigenvalue weighted by molar-refractivity contribution is 5.97. The summed E-state index contributed by atoms with van der Waals surface area (Å²) in [4.78, 5) is 35.4. The lowest BCUT2D eigenvalue weighted by atomic mass is 10.1. The molecule has 1 amide bonds. The normalized spacial score (nSPS) is 15.1. The number of fused-ring (bicyclic) bond motifs is 2. The summed E-state index contributed by atoms with van der Waals surface area (Å²) in [6.45, 7) is 8.44. The van der Waals surface area contributed by atoms with E-state index in [0.29, 0.717) is 42.9 Å². The van der Waals surface area contributed by atoms with Crippen LogP contribution in [0.2, 0.25) is 0 Å². The first-order valence-corrected chi connectivity index (χ1v) is 10.6. The van der Waals surface area contributed by atoms with Crippen LogP contribution in [0, 0.1) is 12.3 Å². The maximum absolute atomic E-state index is 13.3. The Hall–Kier alpha value is -3.04. The van der Waals surface area contributed by atoms with Crippen molar-refractivity contribution in [1.29, 1.82) is 5.41 Å². The van der Waals surface area contributed by atoms with Gasteiger partial charge in [-0.1, -0.05) is 13.0 Å².